The third kappa shape index (κ3) is 8.13. The van der Waals surface area contributed by atoms with E-state index in [4.69, 9.17) is 29.3 Å². The highest BCUT2D eigenvalue weighted by Gasteiger charge is 2.24. The topological polar surface area (TPSA) is 154 Å². The van der Waals surface area contributed by atoms with E-state index >= 15 is 0 Å². The summed E-state index contributed by atoms with van der Waals surface area (Å²) in [5.74, 6) is -3.50. The average molecular weight is 550 g/mol. The van der Waals surface area contributed by atoms with Crippen LogP contribution in [-0.4, -0.2) is 72.3 Å². The Bertz CT molecular complexity index is 1360. The van der Waals surface area contributed by atoms with Crippen LogP contribution in [0.4, 0.5) is 11.4 Å². The lowest BCUT2D eigenvalue weighted by Crippen LogP contribution is -2.34. The summed E-state index contributed by atoms with van der Waals surface area (Å²) in [6, 6.07) is 21.1. The van der Waals surface area contributed by atoms with Crippen molar-refractivity contribution in [2.24, 2.45) is 0 Å². The fourth-order valence-electron chi connectivity index (χ4n) is 3.87. The molecular weight excluding hydrogens is 518 g/mol. The molecule has 11 heteroatoms. The van der Waals surface area contributed by atoms with E-state index in [1.165, 1.54) is 0 Å². The van der Waals surface area contributed by atoms with E-state index in [-0.39, 0.29) is 11.8 Å². The molecule has 0 spiro atoms. The molecule has 3 aromatic carbocycles. The van der Waals surface area contributed by atoms with Gasteiger partial charge in [-0.2, -0.15) is 0 Å². The zero-order valence-electron chi connectivity index (χ0n) is 22.3. The molecule has 210 valence electrons. The lowest BCUT2D eigenvalue weighted by molar-refractivity contribution is -0.159. The first-order valence-electron chi connectivity index (χ1n) is 12.3. The molecule has 1 unspecified atom stereocenters. The zero-order chi connectivity index (χ0) is 29.2. The first-order valence-corrected chi connectivity index (χ1v) is 12.3. The molecule has 0 saturated heterocycles. The lowest BCUT2D eigenvalue weighted by Gasteiger charge is -2.23. The van der Waals surface area contributed by atoms with Crippen molar-refractivity contribution in [1.29, 1.82) is 0 Å². The van der Waals surface area contributed by atoms with Gasteiger partial charge in [-0.25, -0.2) is 9.59 Å². The quantitative estimate of drug-likeness (QED) is 0.309. The Labute approximate surface area is 231 Å². The number of carboxylic acids is 2. The van der Waals surface area contributed by atoms with Crippen molar-refractivity contribution < 1.29 is 38.9 Å². The summed E-state index contributed by atoms with van der Waals surface area (Å²) in [6.07, 6.45) is -0.545. The van der Waals surface area contributed by atoms with Crippen LogP contribution in [0.3, 0.4) is 0 Å². The molecule has 4 N–H and O–H groups in total. The highest BCUT2D eigenvalue weighted by molar-refractivity contribution is 6.27. The Morgan fingerprint density at radius 1 is 1.02 bits per heavy atom. The molecule has 2 amide bonds. The number of rotatable bonds is 8. The normalized spacial score (nSPS) is 13.7. The molecule has 11 nitrogen and oxygen atoms in total. The maximum Gasteiger partial charge on any atom is 0.414 e. The molecular formula is C29H31N3O8. The van der Waals surface area contributed by atoms with Crippen molar-refractivity contribution in [2.75, 3.05) is 37.9 Å². The second kappa shape index (κ2) is 13.9. The first kappa shape index (κ1) is 29.8. The third-order valence-corrected chi connectivity index (χ3v) is 5.92. The molecule has 0 radical (unpaired) electrons. The Morgan fingerprint density at radius 2 is 1.73 bits per heavy atom. The van der Waals surface area contributed by atoms with Crippen LogP contribution in [0.5, 0.6) is 5.75 Å². The van der Waals surface area contributed by atoms with Crippen LogP contribution >= 0.6 is 0 Å². The fourth-order valence-corrected chi connectivity index (χ4v) is 3.87. The summed E-state index contributed by atoms with van der Waals surface area (Å²) >= 11 is 0. The van der Waals surface area contributed by atoms with Gasteiger partial charge in [-0.15, -0.1) is 0 Å². The SMILES string of the molecule is COCCN(C)Cc1cc(C(=O)Nc2ccc3c(c2)NC(=O)C(C)O3)ccc1-c1ccccc1.O=C(O)C(=O)O. The van der Waals surface area contributed by atoms with Crippen molar-refractivity contribution in [3.63, 3.8) is 0 Å². The molecule has 4 rings (SSSR count). The van der Waals surface area contributed by atoms with Gasteiger partial charge in [0.2, 0.25) is 0 Å². The summed E-state index contributed by atoms with van der Waals surface area (Å²) in [4.78, 5) is 45.4. The van der Waals surface area contributed by atoms with E-state index in [0.29, 0.717) is 35.8 Å². The molecule has 1 atom stereocenters. The van der Waals surface area contributed by atoms with Gasteiger partial charge in [-0.3, -0.25) is 14.5 Å². The maximum atomic E-state index is 13.1. The van der Waals surface area contributed by atoms with Gasteiger partial charge in [0.05, 0.1) is 12.3 Å². The van der Waals surface area contributed by atoms with Gasteiger partial charge < -0.3 is 30.3 Å². The van der Waals surface area contributed by atoms with Gasteiger partial charge in [0, 0.05) is 31.5 Å². The Hall–Kier alpha value is -4.74. The van der Waals surface area contributed by atoms with E-state index in [9.17, 15) is 9.59 Å². The Kier molecular flexibility index (Phi) is 10.3. The number of carbonyl (C=O) groups excluding carboxylic acids is 2. The standard InChI is InChI=1S/C27H29N3O4.C2H2O4/c1-18-26(31)29-24-16-22(10-12-25(24)34-18)28-27(32)20-9-11-23(19-7-5-4-6-8-19)21(15-20)17-30(2)13-14-33-3;3-1(4)2(5)6/h4-12,15-16,18H,13-14,17H2,1-3H3,(H,28,32)(H,29,31);(H,3,4)(H,5,6). The average Bonchev–Trinajstić information content (AvgIpc) is 2.93. The van der Waals surface area contributed by atoms with E-state index in [1.807, 2.05) is 43.4 Å². The van der Waals surface area contributed by atoms with Crippen LogP contribution in [-0.2, 0) is 25.7 Å². The zero-order valence-corrected chi connectivity index (χ0v) is 22.3. The van der Waals surface area contributed by atoms with E-state index in [0.717, 1.165) is 23.2 Å². The van der Waals surface area contributed by atoms with Gasteiger partial charge >= 0.3 is 11.9 Å². The minimum atomic E-state index is -1.82. The summed E-state index contributed by atoms with van der Waals surface area (Å²) in [6.45, 7) is 3.78. The number of nitrogens with zero attached hydrogens (tertiary/aromatic N) is 1. The van der Waals surface area contributed by atoms with E-state index in [2.05, 4.69) is 27.7 Å². The molecule has 0 aliphatic carbocycles. The fraction of sp³-hybridized carbons (Fsp3) is 0.241. The minimum Gasteiger partial charge on any atom is -0.479 e. The van der Waals surface area contributed by atoms with Crippen molar-refractivity contribution in [3.05, 3.63) is 77.9 Å². The van der Waals surface area contributed by atoms with Crippen molar-refractivity contribution in [2.45, 2.75) is 19.6 Å². The number of methoxy groups -OCH3 is 1. The molecule has 3 aromatic rings. The molecule has 0 aromatic heterocycles. The minimum absolute atomic E-state index is 0.213. The van der Waals surface area contributed by atoms with Gasteiger partial charge in [-0.05, 0) is 61.0 Å². The van der Waals surface area contributed by atoms with Gasteiger partial charge in [0.1, 0.15) is 5.75 Å². The second-order valence-corrected chi connectivity index (χ2v) is 8.99. The second-order valence-electron chi connectivity index (χ2n) is 8.99. The summed E-state index contributed by atoms with van der Waals surface area (Å²) in [5.41, 5.74) is 4.92. The first-order chi connectivity index (χ1) is 19.1. The number of nitrogens with one attached hydrogen (secondary N) is 2. The molecule has 1 aliphatic rings. The molecule has 0 saturated carbocycles. The number of ether oxygens (including phenoxy) is 2. The monoisotopic (exact) mass is 549 g/mol. The predicted octanol–water partition coefficient (Wildman–Crippen LogP) is 3.56. The number of aliphatic carboxylic acids is 2. The molecule has 1 heterocycles. The Morgan fingerprint density at radius 3 is 2.38 bits per heavy atom. The number of hydrogen-bond donors (Lipinski definition) is 4. The molecule has 0 bridgehead atoms. The number of anilines is 2. The van der Waals surface area contributed by atoms with E-state index in [1.54, 1.807) is 32.2 Å². The van der Waals surface area contributed by atoms with Crippen LogP contribution in [0, 0.1) is 0 Å². The third-order valence-electron chi connectivity index (χ3n) is 5.92. The summed E-state index contributed by atoms with van der Waals surface area (Å²) in [7, 11) is 3.72. The van der Waals surface area contributed by atoms with Gasteiger partial charge in [0.15, 0.2) is 6.10 Å². The number of benzene rings is 3. The van der Waals surface area contributed by atoms with Crippen LogP contribution in [0.15, 0.2) is 66.7 Å². The summed E-state index contributed by atoms with van der Waals surface area (Å²) in [5, 5.41) is 20.5. The predicted molar refractivity (Wildman–Crippen MR) is 148 cm³/mol. The molecule has 1 aliphatic heterocycles. The smallest absolute Gasteiger partial charge is 0.414 e. The number of amides is 2. The maximum absolute atomic E-state index is 13.1. The molecule has 40 heavy (non-hydrogen) atoms. The number of carbonyl (C=O) groups is 4. The largest absolute Gasteiger partial charge is 0.479 e. The number of likely N-dealkylation sites (N-methyl/N-ethyl adjacent to an activating group) is 1. The highest BCUT2D eigenvalue weighted by Crippen LogP contribution is 2.32. The van der Waals surface area contributed by atoms with Gasteiger partial charge in [-0.1, -0.05) is 36.4 Å². The van der Waals surface area contributed by atoms with Crippen LogP contribution in [0.2, 0.25) is 0 Å². The number of fused-ring (bicyclic) bond motifs is 1. The Balaban J connectivity index is 0.000000663. The van der Waals surface area contributed by atoms with Crippen molar-refractivity contribution in [3.8, 4) is 16.9 Å². The van der Waals surface area contributed by atoms with Gasteiger partial charge in [0.25, 0.3) is 11.8 Å². The van der Waals surface area contributed by atoms with Crippen molar-refractivity contribution >= 4 is 35.1 Å². The number of carboxylic acid groups (broad SMARTS) is 2. The van der Waals surface area contributed by atoms with E-state index < -0.39 is 18.0 Å². The van der Waals surface area contributed by atoms with Crippen molar-refractivity contribution in [1.82, 2.24) is 4.90 Å². The lowest BCUT2D eigenvalue weighted by atomic mass is 9.96. The number of hydrogen-bond acceptors (Lipinski definition) is 7. The highest BCUT2D eigenvalue weighted by atomic mass is 16.5. The van der Waals surface area contributed by atoms with Crippen LogP contribution in [0.25, 0.3) is 11.1 Å². The molecule has 0 fully saturated rings. The van der Waals surface area contributed by atoms with Crippen LogP contribution < -0.4 is 15.4 Å². The van der Waals surface area contributed by atoms with Crippen LogP contribution in [0.1, 0.15) is 22.8 Å². The summed E-state index contributed by atoms with van der Waals surface area (Å²) < 4.78 is 10.8.